The zero-order chi connectivity index (χ0) is 30.8. The van der Waals surface area contributed by atoms with Crippen LogP contribution in [-0.4, -0.2) is 117 Å². The van der Waals surface area contributed by atoms with Crippen LogP contribution in [0.4, 0.5) is 5.00 Å². The van der Waals surface area contributed by atoms with Gasteiger partial charge in [-0.15, -0.1) is 0 Å². The maximum atomic E-state index is 10.9. The van der Waals surface area contributed by atoms with Gasteiger partial charge in [0, 0.05) is 70.3 Å². The van der Waals surface area contributed by atoms with Gasteiger partial charge in [-0.05, 0) is 82.7 Å². The number of hydrogen-bond acceptors (Lipinski definition) is 10. The van der Waals surface area contributed by atoms with Gasteiger partial charge in [0.2, 0.25) is 0 Å². The zero-order valence-electron chi connectivity index (χ0n) is 26.7. The first-order valence-corrected chi connectivity index (χ1v) is 16.5. The molecule has 5 heterocycles. The molecule has 0 amide bonds. The second-order valence-corrected chi connectivity index (χ2v) is 13.0. The zero-order valence-corrected chi connectivity index (χ0v) is 27.5. The number of likely N-dealkylation sites (tertiary alicyclic amines) is 2. The van der Waals surface area contributed by atoms with E-state index in [0.29, 0.717) is 13.1 Å². The van der Waals surface area contributed by atoms with Gasteiger partial charge in [0.05, 0.1) is 24.5 Å². The number of carbonyl (C=O) groups is 1. The van der Waals surface area contributed by atoms with Crippen LogP contribution in [0.2, 0.25) is 0 Å². The summed E-state index contributed by atoms with van der Waals surface area (Å²) in [6.07, 6.45) is 11.2. The van der Waals surface area contributed by atoms with Crippen molar-refractivity contribution in [2.45, 2.75) is 78.4 Å². The van der Waals surface area contributed by atoms with E-state index in [4.69, 9.17) is 14.5 Å². The average Bonchev–Trinajstić information content (AvgIpc) is 3.61. The third-order valence-electron chi connectivity index (χ3n) is 8.41. The van der Waals surface area contributed by atoms with E-state index >= 15 is 0 Å². The van der Waals surface area contributed by atoms with Crippen LogP contribution < -0.4 is 5.32 Å². The van der Waals surface area contributed by atoms with Gasteiger partial charge in [-0.25, -0.2) is 0 Å². The molecule has 43 heavy (non-hydrogen) atoms. The summed E-state index contributed by atoms with van der Waals surface area (Å²) in [6, 6.07) is 2.19. The molecule has 2 fully saturated rings. The van der Waals surface area contributed by atoms with Crippen molar-refractivity contribution < 1.29 is 9.90 Å². The number of aliphatic hydroxyl groups is 1. The van der Waals surface area contributed by atoms with E-state index in [1.54, 1.807) is 4.68 Å². The van der Waals surface area contributed by atoms with Crippen LogP contribution >= 0.6 is 11.5 Å². The Bertz CT molecular complexity index is 1190. The van der Waals surface area contributed by atoms with E-state index in [1.165, 1.54) is 30.1 Å². The van der Waals surface area contributed by atoms with E-state index in [0.717, 1.165) is 86.4 Å². The smallest absolute Gasteiger partial charge is 0.159 e. The molecule has 12 heteroatoms. The van der Waals surface area contributed by atoms with Crippen molar-refractivity contribution in [1.82, 2.24) is 33.8 Å². The molecule has 0 aliphatic carbocycles. The van der Waals surface area contributed by atoms with Crippen LogP contribution in [-0.2, 0) is 24.4 Å². The molecule has 2 atom stereocenters. The van der Waals surface area contributed by atoms with Gasteiger partial charge in [0.25, 0.3) is 0 Å². The van der Waals surface area contributed by atoms with E-state index in [1.807, 2.05) is 12.4 Å². The third kappa shape index (κ3) is 9.85. The number of rotatable bonds is 9. The molecule has 0 saturated carbocycles. The summed E-state index contributed by atoms with van der Waals surface area (Å²) in [5, 5.41) is 18.1. The molecule has 238 valence electrons. The fourth-order valence-electron chi connectivity index (χ4n) is 5.81. The number of nitrogens with zero attached hydrogens (tertiary/aromatic N) is 8. The van der Waals surface area contributed by atoms with Crippen LogP contribution in [0, 0.1) is 5.92 Å². The molecule has 0 aromatic carbocycles. The molecule has 0 radical (unpaired) electrons. The van der Waals surface area contributed by atoms with E-state index in [9.17, 15) is 4.79 Å². The number of piperidine rings is 2. The van der Waals surface area contributed by atoms with Gasteiger partial charge in [0.15, 0.2) is 6.17 Å². The average molecular weight is 614 g/mol. The van der Waals surface area contributed by atoms with E-state index < -0.39 is 0 Å². The minimum Gasteiger partial charge on any atom is -0.393 e. The summed E-state index contributed by atoms with van der Waals surface area (Å²) < 4.78 is 6.43. The molecule has 2 aromatic rings. The first-order chi connectivity index (χ1) is 20.7. The quantitative estimate of drug-likeness (QED) is 0.412. The fraction of sp³-hybridized carbons (Fsp3) is 0.677. The Labute approximate surface area is 261 Å². The Balaban J connectivity index is 0.000000458. The van der Waals surface area contributed by atoms with Crippen LogP contribution in [0.3, 0.4) is 0 Å². The maximum Gasteiger partial charge on any atom is 0.159 e. The molecule has 3 aliphatic rings. The monoisotopic (exact) mass is 613 g/mol. The molecule has 0 bridgehead atoms. The lowest BCUT2D eigenvalue weighted by atomic mass is 10.0. The Morgan fingerprint density at radius 1 is 1.19 bits per heavy atom. The van der Waals surface area contributed by atoms with Crippen molar-refractivity contribution in [3.63, 3.8) is 0 Å². The molecule has 2 saturated heterocycles. The number of aromatic nitrogens is 3. The number of nitrogens with one attached hydrogen (secondary N) is 1. The number of aliphatic hydroxyl groups excluding tert-OH is 1. The van der Waals surface area contributed by atoms with Crippen LogP contribution in [0.5, 0.6) is 0 Å². The van der Waals surface area contributed by atoms with Gasteiger partial charge >= 0.3 is 0 Å². The highest BCUT2D eigenvalue weighted by Gasteiger charge is 2.29. The summed E-state index contributed by atoms with van der Waals surface area (Å²) >= 11 is 1.52. The molecule has 2 aromatic heterocycles. The largest absolute Gasteiger partial charge is 0.393 e. The fourth-order valence-corrected chi connectivity index (χ4v) is 6.49. The lowest BCUT2D eigenvalue weighted by molar-refractivity contribution is -0.108. The van der Waals surface area contributed by atoms with Gasteiger partial charge in [-0.3, -0.25) is 14.6 Å². The van der Waals surface area contributed by atoms with Gasteiger partial charge in [-0.1, -0.05) is 6.92 Å². The number of aliphatic imine (C=N–C) groups is 1. The maximum absolute atomic E-state index is 10.9. The van der Waals surface area contributed by atoms with Gasteiger partial charge in [0.1, 0.15) is 17.1 Å². The standard InChI is InChI=1S/C25H38N8OS.C6H13NO/c1-5-26-24-25(28-23-13-22(29-35-23)18-31-9-6-7-19(2)15-31)30(4)20(3)8-10-32(24)16-21-14-27-33(17-21)11-12-34;1-7-4-2-6(8)3-5-7/h8,12-14,17,19,25,28H,5-7,9-11,15-16,18H2,1-4H3;6,8H,2-5H2,1H3. The molecule has 0 spiro atoms. The van der Waals surface area contributed by atoms with Crippen molar-refractivity contribution in [3.8, 4) is 0 Å². The van der Waals surface area contributed by atoms with Crippen LogP contribution in [0.15, 0.2) is 35.2 Å². The highest BCUT2D eigenvalue weighted by molar-refractivity contribution is 7.10. The van der Waals surface area contributed by atoms with Crippen molar-refractivity contribution in [2.24, 2.45) is 10.9 Å². The molecule has 2 N–H and O–H groups in total. The van der Waals surface area contributed by atoms with Crippen molar-refractivity contribution in [2.75, 3.05) is 58.7 Å². The summed E-state index contributed by atoms with van der Waals surface area (Å²) in [5.41, 5.74) is 3.38. The van der Waals surface area contributed by atoms with Gasteiger partial charge in [-0.2, -0.15) is 9.47 Å². The number of likely N-dealkylation sites (N-methyl/N-ethyl adjacent to an activating group) is 1. The molecule has 2 unspecified atom stereocenters. The van der Waals surface area contributed by atoms with Crippen LogP contribution in [0.25, 0.3) is 0 Å². The lowest BCUT2D eigenvalue weighted by Gasteiger charge is -2.34. The molecule has 11 nitrogen and oxygen atoms in total. The number of anilines is 1. The highest BCUT2D eigenvalue weighted by Crippen LogP contribution is 2.25. The molecular weight excluding hydrogens is 562 g/mol. The number of aldehydes is 1. The first kappa shape index (κ1) is 33.1. The van der Waals surface area contributed by atoms with Crippen molar-refractivity contribution in [1.29, 1.82) is 0 Å². The lowest BCUT2D eigenvalue weighted by Crippen LogP contribution is -2.49. The third-order valence-corrected chi connectivity index (χ3v) is 9.17. The summed E-state index contributed by atoms with van der Waals surface area (Å²) in [7, 11) is 4.20. The van der Waals surface area contributed by atoms with Gasteiger partial charge < -0.3 is 29.9 Å². The number of allylic oxidation sites excluding steroid dienone is 1. The topological polar surface area (TPSA) is 105 Å². The Kier molecular flexibility index (Phi) is 12.6. The highest BCUT2D eigenvalue weighted by atomic mass is 32.1. The SMILES string of the molecule is CCN=C1C(Nc2cc(CN3CCCC(C)C3)ns2)N(C)C(C)=CCN1Cc1cnn(CC=O)c1.CN1CCC(O)CC1. The minimum atomic E-state index is -0.109. The normalized spacial score (nSPS) is 23.5. The second kappa shape index (κ2) is 16.3. The summed E-state index contributed by atoms with van der Waals surface area (Å²) in [6.45, 7) is 14.3. The predicted octanol–water partition coefficient (Wildman–Crippen LogP) is 3.35. The van der Waals surface area contributed by atoms with E-state index in [-0.39, 0.29) is 18.8 Å². The first-order valence-electron chi connectivity index (χ1n) is 15.7. The number of hydrogen-bond donors (Lipinski definition) is 2. The summed E-state index contributed by atoms with van der Waals surface area (Å²) in [4.78, 5) is 25.1. The molecular formula is C31H51N9O2S. The Morgan fingerprint density at radius 3 is 2.67 bits per heavy atom. The predicted molar refractivity (Wildman–Crippen MR) is 174 cm³/mol. The summed E-state index contributed by atoms with van der Waals surface area (Å²) in [5.74, 6) is 1.75. The number of carbonyl (C=O) groups excluding carboxylic acids is 1. The second-order valence-electron chi connectivity index (χ2n) is 12.2. The molecule has 5 rings (SSSR count). The number of amidine groups is 1. The Morgan fingerprint density at radius 2 is 1.98 bits per heavy atom. The van der Waals surface area contributed by atoms with E-state index in [2.05, 4.69) is 77.0 Å². The molecule has 3 aliphatic heterocycles. The Hall–Kier alpha value is -2.80. The van der Waals surface area contributed by atoms with Crippen molar-refractivity contribution in [3.05, 3.63) is 41.5 Å². The minimum absolute atomic E-state index is 0.0220. The van der Waals surface area contributed by atoms with Crippen molar-refractivity contribution >= 4 is 28.7 Å². The van der Waals surface area contributed by atoms with Crippen LogP contribution in [0.1, 0.15) is 57.7 Å².